The monoisotopic (exact) mass is 448 g/mol. The highest BCUT2D eigenvalue weighted by Gasteiger charge is 2.13. The smallest absolute Gasteiger partial charge is 0.234 e. The number of hydrogen-bond acceptors (Lipinski definition) is 5. The third-order valence-corrected chi connectivity index (χ3v) is 5.69. The minimum Gasteiger partial charge on any atom is -0.486 e. The Kier molecular flexibility index (Phi) is 7.33. The van der Waals surface area contributed by atoms with Gasteiger partial charge in [0.15, 0.2) is 11.0 Å². The van der Waals surface area contributed by atoms with Gasteiger partial charge < -0.3 is 14.6 Å². The molecular formula is C21H22ClFN4O2S. The fraction of sp³-hybridized carbons (Fsp3) is 0.286. The van der Waals surface area contributed by atoms with E-state index in [0.29, 0.717) is 22.6 Å². The average molecular weight is 449 g/mol. The van der Waals surface area contributed by atoms with E-state index in [1.165, 1.54) is 35.5 Å². The van der Waals surface area contributed by atoms with Crippen molar-refractivity contribution in [1.29, 1.82) is 0 Å². The number of halogens is 2. The standard InChI is InChI=1S/C21H22ClFN4O2S/c1-13(2)14-4-7-16(8-5-14)29-11-19-25-26-21(27(19)3)30-12-20(28)24-15-6-9-18(23)17(22)10-15/h4-10,13H,11-12H2,1-3H3,(H,24,28). The van der Waals surface area contributed by atoms with E-state index in [2.05, 4.69) is 29.4 Å². The van der Waals surface area contributed by atoms with Crippen LogP contribution in [0.3, 0.4) is 0 Å². The molecule has 3 aromatic rings. The number of hydrogen-bond donors (Lipinski definition) is 1. The minimum absolute atomic E-state index is 0.0442. The lowest BCUT2D eigenvalue weighted by molar-refractivity contribution is -0.113. The Bertz CT molecular complexity index is 1020. The first-order valence-corrected chi connectivity index (χ1v) is 10.7. The predicted molar refractivity (Wildman–Crippen MR) is 117 cm³/mol. The molecule has 1 heterocycles. The van der Waals surface area contributed by atoms with Crippen LogP contribution in [0.2, 0.25) is 5.02 Å². The molecule has 0 unspecified atom stereocenters. The van der Waals surface area contributed by atoms with Crippen LogP contribution in [0.15, 0.2) is 47.6 Å². The molecule has 0 aliphatic carbocycles. The third-order valence-electron chi connectivity index (χ3n) is 4.38. The highest BCUT2D eigenvalue weighted by molar-refractivity contribution is 7.99. The number of benzene rings is 2. The topological polar surface area (TPSA) is 69.0 Å². The molecule has 0 aliphatic heterocycles. The van der Waals surface area contributed by atoms with Gasteiger partial charge in [-0.1, -0.05) is 49.3 Å². The molecule has 9 heteroatoms. The van der Waals surface area contributed by atoms with Crippen molar-refractivity contribution < 1.29 is 13.9 Å². The van der Waals surface area contributed by atoms with E-state index in [4.69, 9.17) is 16.3 Å². The van der Waals surface area contributed by atoms with Gasteiger partial charge in [-0.2, -0.15) is 0 Å². The molecule has 1 aromatic heterocycles. The number of aromatic nitrogens is 3. The zero-order valence-corrected chi connectivity index (χ0v) is 18.4. The van der Waals surface area contributed by atoms with Crippen LogP contribution in [0.1, 0.15) is 31.2 Å². The summed E-state index contributed by atoms with van der Waals surface area (Å²) in [6.07, 6.45) is 0. The Balaban J connectivity index is 1.52. The van der Waals surface area contributed by atoms with E-state index in [0.717, 1.165) is 5.75 Å². The van der Waals surface area contributed by atoms with Crippen molar-refractivity contribution in [2.24, 2.45) is 7.05 Å². The van der Waals surface area contributed by atoms with Crippen molar-refractivity contribution in [2.45, 2.75) is 31.5 Å². The molecule has 6 nitrogen and oxygen atoms in total. The predicted octanol–water partition coefficient (Wildman–Crippen LogP) is 5.04. The van der Waals surface area contributed by atoms with Gasteiger partial charge in [0.25, 0.3) is 0 Å². The van der Waals surface area contributed by atoms with Crippen molar-refractivity contribution in [3.63, 3.8) is 0 Å². The number of rotatable bonds is 8. The Hall–Kier alpha value is -2.58. The molecular weight excluding hydrogens is 427 g/mol. The Morgan fingerprint density at radius 3 is 2.63 bits per heavy atom. The maximum absolute atomic E-state index is 13.2. The fourth-order valence-corrected chi connectivity index (χ4v) is 3.50. The van der Waals surface area contributed by atoms with Crippen molar-refractivity contribution in [3.8, 4) is 5.75 Å². The van der Waals surface area contributed by atoms with Gasteiger partial charge >= 0.3 is 0 Å². The molecule has 2 aromatic carbocycles. The van der Waals surface area contributed by atoms with Crippen LogP contribution in [-0.2, 0) is 18.4 Å². The summed E-state index contributed by atoms with van der Waals surface area (Å²) in [6.45, 7) is 4.55. The molecule has 0 saturated heterocycles. The molecule has 3 rings (SSSR count). The van der Waals surface area contributed by atoms with Gasteiger partial charge in [0.1, 0.15) is 18.2 Å². The summed E-state index contributed by atoms with van der Waals surface area (Å²) in [4.78, 5) is 12.1. The number of ether oxygens (including phenoxy) is 1. The number of amides is 1. The Morgan fingerprint density at radius 2 is 1.97 bits per heavy atom. The number of anilines is 1. The van der Waals surface area contributed by atoms with Crippen LogP contribution in [0.4, 0.5) is 10.1 Å². The second-order valence-electron chi connectivity index (χ2n) is 6.94. The molecule has 1 amide bonds. The normalized spacial score (nSPS) is 11.0. The largest absolute Gasteiger partial charge is 0.486 e. The van der Waals surface area contributed by atoms with E-state index in [-0.39, 0.29) is 23.3 Å². The van der Waals surface area contributed by atoms with Gasteiger partial charge in [-0.05, 0) is 41.8 Å². The van der Waals surface area contributed by atoms with E-state index < -0.39 is 5.82 Å². The molecule has 0 bridgehead atoms. The van der Waals surface area contributed by atoms with Crippen LogP contribution >= 0.6 is 23.4 Å². The highest BCUT2D eigenvalue weighted by Crippen LogP contribution is 2.22. The maximum atomic E-state index is 13.2. The quantitative estimate of drug-likeness (QED) is 0.489. The summed E-state index contributed by atoms with van der Waals surface area (Å²) < 4.78 is 20.8. The lowest BCUT2D eigenvalue weighted by atomic mass is 10.0. The third kappa shape index (κ3) is 5.73. The van der Waals surface area contributed by atoms with Gasteiger partial charge in [-0.3, -0.25) is 4.79 Å². The molecule has 0 spiro atoms. The molecule has 30 heavy (non-hydrogen) atoms. The number of thioether (sulfide) groups is 1. The van der Waals surface area contributed by atoms with Crippen LogP contribution < -0.4 is 10.1 Å². The van der Waals surface area contributed by atoms with Crippen LogP contribution in [0, 0.1) is 5.82 Å². The van der Waals surface area contributed by atoms with Crippen molar-refractivity contribution in [3.05, 3.63) is 64.7 Å². The molecule has 0 saturated carbocycles. The molecule has 0 fully saturated rings. The summed E-state index contributed by atoms with van der Waals surface area (Å²) >= 11 is 6.97. The SMILES string of the molecule is CC(C)c1ccc(OCc2nnc(SCC(=O)Nc3ccc(F)c(Cl)c3)n2C)cc1. The summed E-state index contributed by atoms with van der Waals surface area (Å²) in [5.41, 5.74) is 1.68. The zero-order valence-electron chi connectivity index (χ0n) is 16.9. The first-order chi connectivity index (χ1) is 14.3. The molecule has 0 radical (unpaired) electrons. The van der Waals surface area contributed by atoms with Gasteiger partial charge in [-0.15, -0.1) is 10.2 Å². The minimum atomic E-state index is -0.534. The molecule has 1 N–H and O–H groups in total. The van der Waals surface area contributed by atoms with Gasteiger partial charge in [0.2, 0.25) is 5.91 Å². The second-order valence-corrected chi connectivity index (χ2v) is 8.29. The van der Waals surface area contributed by atoms with Crippen molar-refractivity contribution in [2.75, 3.05) is 11.1 Å². The average Bonchev–Trinajstić information content (AvgIpc) is 3.07. The Labute approximate surface area is 183 Å². The number of nitrogens with one attached hydrogen (secondary N) is 1. The number of carbonyl (C=O) groups excluding carboxylic acids is 1. The highest BCUT2D eigenvalue weighted by atomic mass is 35.5. The van der Waals surface area contributed by atoms with Gasteiger partial charge in [0, 0.05) is 12.7 Å². The summed E-state index contributed by atoms with van der Waals surface area (Å²) in [5, 5.41) is 11.5. The Morgan fingerprint density at radius 1 is 1.23 bits per heavy atom. The van der Waals surface area contributed by atoms with E-state index in [1.807, 2.05) is 31.3 Å². The second kappa shape index (κ2) is 9.95. The van der Waals surface area contributed by atoms with Crippen LogP contribution in [0.5, 0.6) is 5.75 Å². The maximum Gasteiger partial charge on any atom is 0.234 e. The van der Waals surface area contributed by atoms with E-state index in [9.17, 15) is 9.18 Å². The van der Waals surface area contributed by atoms with Crippen molar-refractivity contribution >= 4 is 35.0 Å². The summed E-state index contributed by atoms with van der Waals surface area (Å²) in [5.74, 6) is 1.21. The summed E-state index contributed by atoms with van der Waals surface area (Å²) in [7, 11) is 1.82. The van der Waals surface area contributed by atoms with Crippen LogP contribution in [0.25, 0.3) is 0 Å². The lowest BCUT2D eigenvalue weighted by Gasteiger charge is -2.09. The van der Waals surface area contributed by atoms with Gasteiger partial charge in [0.05, 0.1) is 10.8 Å². The number of nitrogens with zero attached hydrogens (tertiary/aromatic N) is 3. The molecule has 0 aliphatic rings. The first kappa shape index (κ1) is 22.1. The van der Waals surface area contributed by atoms with E-state index in [1.54, 1.807) is 4.57 Å². The summed E-state index contributed by atoms with van der Waals surface area (Å²) in [6, 6.07) is 12.0. The number of carbonyl (C=O) groups is 1. The van der Waals surface area contributed by atoms with Crippen LogP contribution in [-0.4, -0.2) is 26.4 Å². The van der Waals surface area contributed by atoms with Gasteiger partial charge in [-0.25, -0.2) is 4.39 Å². The first-order valence-electron chi connectivity index (χ1n) is 9.32. The lowest BCUT2D eigenvalue weighted by Crippen LogP contribution is -2.14. The zero-order chi connectivity index (χ0) is 21.7. The molecule has 158 valence electrons. The van der Waals surface area contributed by atoms with Crippen molar-refractivity contribution in [1.82, 2.24) is 14.8 Å². The fourth-order valence-electron chi connectivity index (χ4n) is 2.59. The molecule has 0 atom stereocenters. The van der Waals surface area contributed by atoms with E-state index >= 15 is 0 Å².